The molecule has 0 aliphatic heterocycles. The second-order valence-electron chi connectivity index (χ2n) is 4.40. The molecule has 5 nitrogen and oxygen atoms in total. The summed E-state index contributed by atoms with van der Waals surface area (Å²) in [4.78, 5) is 21.3. The number of hydrogen-bond donors (Lipinski definition) is 3. The van der Waals surface area contributed by atoms with Gasteiger partial charge in [-0.3, -0.25) is 9.59 Å². The molecule has 1 amide bonds. The molecule has 0 bridgehead atoms. The smallest absolute Gasteiger partial charge is 0.417 e. The highest BCUT2D eigenvalue weighted by Gasteiger charge is 2.35. The maximum Gasteiger partial charge on any atom is 0.417 e. The number of nitrogens with one attached hydrogen (secondary N) is 1. The van der Waals surface area contributed by atoms with Crippen molar-refractivity contribution in [2.75, 3.05) is 11.9 Å². The number of benzene rings is 1. The standard InChI is InChI=1S/C13H15F3N2O3/c14-13(15,16)10-7-8(4-5-9(10)12(17)21)18-6-2-1-3-11(19)20/h4-5,7,18H,1-3,6H2,(H2,17,21)(H,19,20). The zero-order chi connectivity index (χ0) is 16.0. The van der Waals surface area contributed by atoms with Crippen LogP contribution in [0.1, 0.15) is 35.2 Å². The number of rotatable bonds is 7. The maximum atomic E-state index is 12.8. The number of amides is 1. The van der Waals surface area contributed by atoms with Gasteiger partial charge in [0, 0.05) is 18.7 Å². The molecule has 8 heteroatoms. The van der Waals surface area contributed by atoms with E-state index in [1.807, 2.05) is 0 Å². The van der Waals surface area contributed by atoms with Gasteiger partial charge in [-0.25, -0.2) is 0 Å². The average molecular weight is 304 g/mol. The highest BCUT2D eigenvalue weighted by molar-refractivity contribution is 5.95. The second-order valence-corrected chi connectivity index (χ2v) is 4.40. The lowest BCUT2D eigenvalue weighted by Gasteiger charge is -2.13. The Morgan fingerprint density at radius 3 is 2.43 bits per heavy atom. The zero-order valence-corrected chi connectivity index (χ0v) is 11.0. The van der Waals surface area contributed by atoms with Gasteiger partial charge >= 0.3 is 12.1 Å². The van der Waals surface area contributed by atoms with Crippen LogP contribution < -0.4 is 11.1 Å². The molecule has 4 N–H and O–H groups in total. The third kappa shape index (κ3) is 5.33. The molecule has 1 aromatic rings. The first-order valence-corrected chi connectivity index (χ1v) is 6.18. The first-order chi connectivity index (χ1) is 9.71. The molecule has 116 valence electrons. The lowest BCUT2D eigenvalue weighted by atomic mass is 10.1. The van der Waals surface area contributed by atoms with Gasteiger partial charge in [-0.2, -0.15) is 13.2 Å². The minimum Gasteiger partial charge on any atom is -0.481 e. The van der Waals surface area contributed by atoms with Crippen LogP contribution in [0.25, 0.3) is 0 Å². The fraction of sp³-hybridized carbons (Fsp3) is 0.385. The van der Waals surface area contributed by atoms with Gasteiger partial charge in [0.25, 0.3) is 0 Å². The minimum absolute atomic E-state index is 0.0100. The fourth-order valence-electron chi connectivity index (χ4n) is 1.74. The molecule has 0 radical (unpaired) electrons. The third-order valence-electron chi connectivity index (χ3n) is 2.74. The Balaban J connectivity index is 2.73. The lowest BCUT2D eigenvalue weighted by molar-refractivity contribution is -0.138. The van der Waals surface area contributed by atoms with E-state index in [-0.39, 0.29) is 12.1 Å². The highest BCUT2D eigenvalue weighted by Crippen LogP contribution is 2.33. The summed E-state index contributed by atoms with van der Waals surface area (Å²) in [5.41, 5.74) is 3.43. The van der Waals surface area contributed by atoms with Gasteiger partial charge in [-0.15, -0.1) is 0 Å². The van der Waals surface area contributed by atoms with Crippen molar-refractivity contribution >= 4 is 17.6 Å². The molecule has 1 rings (SSSR count). The van der Waals surface area contributed by atoms with Gasteiger partial charge in [-0.05, 0) is 31.0 Å². The molecule has 0 spiro atoms. The Bertz CT molecular complexity index is 530. The Hall–Kier alpha value is -2.25. The molecular weight excluding hydrogens is 289 g/mol. The number of halogens is 3. The quantitative estimate of drug-likeness (QED) is 0.675. The van der Waals surface area contributed by atoms with Gasteiger partial charge in [-0.1, -0.05) is 0 Å². The van der Waals surface area contributed by atoms with Crippen LogP contribution in [0.3, 0.4) is 0 Å². The van der Waals surface area contributed by atoms with Crippen LogP contribution in [0.15, 0.2) is 18.2 Å². The molecule has 0 saturated carbocycles. The Morgan fingerprint density at radius 2 is 1.90 bits per heavy atom. The van der Waals surface area contributed by atoms with E-state index in [0.717, 1.165) is 12.1 Å². The molecule has 0 aliphatic rings. The predicted molar refractivity (Wildman–Crippen MR) is 69.9 cm³/mol. The van der Waals surface area contributed by atoms with Crippen LogP contribution in [0.5, 0.6) is 0 Å². The van der Waals surface area contributed by atoms with Crippen molar-refractivity contribution in [3.05, 3.63) is 29.3 Å². The van der Waals surface area contributed by atoms with E-state index < -0.39 is 29.2 Å². The predicted octanol–water partition coefficient (Wildman–Crippen LogP) is 2.47. The zero-order valence-electron chi connectivity index (χ0n) is 11.0. The SMILES string of the molecule is NC(=O)c1ccc(NCCCCC(=O)O)cc1C(F)(F)F. The number of nitrogens with two attached hydrogens (primary N) is 1. The van der Waals surface area contributed by atoms with E-state index in [0.29, 0.717) is 19.4 Å². The van der Waals surface area contributed by atoms with Gasteiger partial charge in [0.1, 0.15) is 0 Å². The summed E-state index contributed by atoms with van der Waals surface area (Å²) >= 11 is 0. The monoisotopic (exact) mass is 304 g/mol. The van der Waals surface area contributed by atoms with Crippen molar-refractivity contribution in [2.24, 2.45) is 5.73 Å². The molecule has 0 aromatic heterocycles. The number of carbonyl (C=O) groups is 2. The highest BCUT2D eigenvalue weighted by atomic mass is 19.4. The van der Waals surface area contributed by atoms with Crippen molar-refractivity contribution in [1.29, 1.82) is 0 Å². The average Bonchev–Trinajstić information content (AvgIpc) is 2.36. The summed E-state index contributed by atoms with van der Waals surface area (Å²) in [5.74, 6) is -2.06. The molecule has 21 heavy (non-hydrogen) atoms. The number of anilines is 1. The number of hydrogen-bond acceptors (Lipinski definition) is 3. The minimum atomic E-state index is -4.68. The summed E-state index contributed by atoms with van der Waals surface area (Å²) in [6.45, 7) is 0.334. The van der Waals surface area contributed by atoms with Crippen molar-refractivity contribution in [3.8, 4) is 0 Å². The molecule has 0 atom stereocenters. The number of unbranched alkanes of at least 4 members (excludes halogenated alkanes) is 1. The summed E-state index contributed by atoms with van der Waals surface area (Å²) in [7, 11) is 0. The van der Waals surface area contributed by atoms with Crippen LogP contribution in [0.2, 0.25) is 0 Å². The number of alkyl halides is 3. The summed E-state index contributed by atoms with van der Waals surface area (Å²) in [5, 5.41) is 11.2. The van der Waals surface area contributed by atoms with Gasteiger partial charge in [0.05, 0.1) is 11.1 Å². The summed E-state index contributed by atoms with van der Waals surface area (Å²) in [6, 6.07) is 3.16. The number of carboxylic acids is 1. The second kappa shape index (κ2) is 6.96. The number of carboxylic acid groups (broad SMARTS) is 1. The fourth-order valence-corrected chi connectivity index (χ4v) is 1.74. The van der Waals surface area contributed by atoms with E-state index in [9.17, 15) is 22.8 Å². The number of primary amides is 1. The van der Waals surface area contributed by atoms with E-state index in [4.69, 9.17) is 10.8 Å². The van der Waals surface area contributed by atoms with E-state index >= 15 is 0 Å². The Kier molecular flexibility index (Phi) is 5.57. The molecule has 0 fully saturated rings. The first-order valence-electron chi connectivity index (χ1n) is 6.18. The van der Waals surface area contributed by atoms with Gasteiger partial charge in [0.15, 0.2) is 0 Å². The molecular formula is C13H15F3N2O3. The maximum absolute atomic E-state index is 12.8. The van der Waals surface area contributed by atoms with Crippen molar-refractivity contribution in [2.45, 2.75) is 25.4 Å². The lowest BCUT2D eigenvalue weighted by Crippen LogP contribution is -2.19. The number of aliphatic carboxylic acids is 1. The molecule has 0 aliphatic carbocycles. The largest absolute Gasteiger partial charge is 0.481 e. The third-order valence-corrected chi connectivity index (χ3v) is 2.74. The normalized spacial score (nSPS) is 11.2. The van der Waals surface area contributed by atoms with Gasteiger partial charge < -0.3 is 16.2 Å². The van der Waals surface area contributed by atoms with Crippen molar-refractivity contribution in [1.82, 2.24) is 0 Å². The van der Waals surface area contributed by atoms with Crippen LogP contribution in [-0.4, -0.2) is 23.5 Å². The first kappa shape index (κ1) is 16.8. The van der Waals surface area contributed by atoms with Crippen LogP contribution in [0.4, 0.5) is 18.9 Å². The van der Waals surface area contributed by atoms with E-state index in [1.54, 1.807) is 0 Å². The Labute approximate surface area is 118 Å². The van der Waals surface area contributed by atoms with Crippen LogP contribution in [-0.2, 0) is 11.0 Å². The number of carbonyl (C=O) groups excluding carboxylic acids is 1. The summed E-state index contributed by atoms with van der Waals surface area (Å²) < 4.78 is 38.5. The van der Waals surface area contributed by atoms with Crippen molar-refractivity contribution in [3.63, 3.8) is 0 Å². The molecule has 0 unspecified atom stereocenters. The molecule has 0 heterocycles. The van der Waals surface area contributed by atoms with E-state index in [1.165, 1.54) is 6.07 Å². The molecule has 0 saturated heterocycles. The van der Waals surface area contributed by atoms with Crippen LogP contribution in [0, 0.1) is 0 Å². The Morgan fingerprint density at radius 1 is 1.24 bits per heavy atom. The topological polar surface area (TPSA) is 92.4 Å². The van der Waals surface area contributed by atoms with Crippen LogP contribution >= 0.6 is 0 Å². The summed E-state index contributed by atoms with van der Waals surface area (Å²) in [6.07, 6.45) is -3.74. The van der Waals surface area contributed by atoms with E-state index in [2.05, 4.69) is 5.32 Å². The van der Waals surface area contributed by atoms with Crippen molar-refractivity contribution < 1.29 is 27.9 Å². The van der Waals surface area contributed by atoms with Gasteiger partial charge in [0.2, 0.25) is 5.91 Å². The molecule has 1 aromatic carbocycles.